The molecule has 0 spiro atoms. The fourth-order valence-corrected chi connectivity index (χ4v) is 6.97. The Balaban J connectivity index is 1.41. The van der Waals surface area contributed by atoms with Crippen LogP contribution < -0.4 is 0 Å². The van der Waals surface area contributed by atoms with E-state index in [4.69, 9.17) is 0 Å². The number of nitrogens with zero attached hydrogens (tertiary/aromatic N) is 4. The number of amides is 1. The largest absolute Gasteiger partial charge is 0.335 e. The van der Waals surface area contributed by atoms with Gasteiger partial charge in [0.15, 0.2) is 20.8 Å². The lowest BCUT2D eigenvalue weighted by Gasteiger charge is -2.28. The number of thioether (sulfide) groups is 1. The number of carbonyl (C=O) groups excluding carboxylic acids is 1. The van der Waals surface area contributed by atoms with Crippen molar-refractivity contribution in [3.63, 3.8) is 0 Å². The zero-order chi connectivity index (χ0) is 23.9. The summed E-state index contributed by atoms with van der Waals surface area (Å²) in [6, 6.07) is 16.3. The van der Waals surface area contributed by atoms with Crippen LogP contribution in [0.15, 0.2) is 53.7 Å². The number of aryl methyl sites for hydroxylation is 2. The van der Waals surface area contributed by atoms with E-state index in [1.807, 2.05) is 71.8 Å². The number of benzene rings is 2. The first kappa shape index (κ1) is 23.1. The molecule has 34 heavy (non-hydrogen) atoms. The molecule has 0 radical (unpaired) electrons. The average molecular weight is 497 g/mol. The first-order valence-corrected chi connectivity index (χ1v) is 14.4. The number of sulfone groups is 1. The third kappa shape index (κ3) is 4.90. The highest BCUT2D eigenvalue weighted by Crippen LogP contribution is 2.34. The van der Waals surface area contributed by atoms with Crippen molar-refractivity contribution in [2.45, 2.75) is 50.4 Å². The Morgan fingerprint density at radius 2 is 1.62 bits per heavy atom. The summed E-state index contributed by atoms with van der Waals surface area (Å²) < 4.78 is 26.0. The minimum Gasteiger partial charge on any atom is -0.335 e. The van der Waals surface area contributed by atoms with Gasteiger partial charge in [-0.05, 0) is 45.2 Å². The number of rotatable bonds is 7. The van der Waals surface area contributed by atoms with E-state index in [2.05, 4.69) is 10.2 Å². The molecule has 178 valence electrons. The van der Waals surface area contributed by atoms with Crippen molar-refractivity contribution in [2.75, 3.05) is 17.3 Å². The minimum atomic E-state index is -3.05. The van der Waals surface area contributed by atoms with Crippen LogP contribution in [0, 0.1) is 13.8 Å². The molecule has 2 aliphatic rings. The van der Waals surface area contributed by atoms with Gasteiger partial charge in [-0.25, -0.2) is 8.42 Å². The van der Waals surface area contributed by atoms with Crippen molar-refractivity contribution >= 4 is 27.5 Å². The summed E-state index contributed by atoms with van der Waals surface area (Å²) in [5.74, 6) is 1.15. The molecule has 1 saturated heterocycles. The van der Waals surface area contributed by atoms with Crippen molar-refractivity contribution in [2.24, 2.45) is 0 Å². The van der Waals surface area contributed by atoms with Crippen molar-refractivity contribution in [3.8, 4) is 17.1 Å². The van der Waals surface area contributed by atoms with Crippen LogP contribution in [-0.2, 0) is 14.6 Å². The first-order chi connectivity index (χ1) is 16.3. The van der Waals surface area contributed by atoms with Crippen LogP contribution in [0.2, 0.25) is 0 Å². The Morgan fingerprint density at radius 3 is 2.21 bits per heavy atom. The van der Waals surface area contributed by atoms with E-state index in [9.17, 15) is 13.2 Å². The molecular formula is C25H28N4O3S2. The zero-order valence-corrected chi connectivity index (χ0v) is 21.0. The molecule has 1 atom stereocenters. The number of carbonyl (C=O) groups is 1. The normalized spacial score (nSPS) is 19.3. The van der Waals surface area contributed by atoms with Gasteiger partial charge in [0.05, 0.1) is 17.3 Å². The molecule has 1 amide bonds. The predicted octanol–water partition coefficient (Wildman–Crippen LogP) is 3.82. The number of hydrogen-bond donors (Lipinski definition) is 0. The van der Waals surface area contributed by atoms with E-state index >= 15 is 0 Å². The van der Waals surface area contributed by atoms with Crippen LogP contribution in [0.3, 0.4) is 0 Å². The molecule has 0 bridgehead atoms. The number of aromatic nitrogens is 3. The van der Waals surface area contributed by atoms with Crippen LogP contribution in [0.1, 0.15) is 30.4 Å². The molecule has 5 rings (SSSR count). The quantitative estimate of drug-likeness (QED) is 0.462. The van der Waals surface area contributed by atoms with Crippen LogP contribution in [-0.4, -0.2) is 63.3 Å². The number of hydrogen-bond acceptors (Lipinski definition) is 6. The van der Waals surface area contributed by atoms with Gasteiger partial charge in [-0.2, -0.15) is 0 Å². The summed E-state index contributed by atoms with van der Waals surface area (Å²) in [6.45, 7) is 4.09. The van der Waals surface area contributed by atoms with Gasteiger partial charge >= 0.3 is 0 Å². The third-order valence-corrected chi connectivity index (χ3v) is 9.05. The van der Waals surface area contributed by atoms with E-state index in [0.29, 0.717) is 11.6 Å². The summed E-state index contributed by atoms with van der Waals surface area (Å²) >= 11 is 1.35. The average Bonchev–Trinajstić information content (AvgIpc) is 3.44. The highest BCUT2D eigenvalue weighted by atomic mass is 32.2. The van der Waals surface area contributed by atoms with Gasteiger partial charge < -0.3 is 4.90 Å². The Labute approximate surface area is 204 Å². The van der Waals surface area contributed by atoms with E-state index in [1.165, 1.54) is 17.3 Å². The van der Waals surface area contributed by atoms with Gasteiger partial charge in [0, 0.05) is 23.3 Å². The van der Waals surface area contributed by atoms with Crippen molar-refractivity contribution in [1.82, 2.24) is 19.7 Å². The minimum absolute atomic E-state index is 0.0232. The fraction of sp³-hybridized carbons (Fsp3) is 0.400. The van der Waals surface area contributed by atoms with Gasteiger partial charge in [0.1, 0.15) is 0 Å². The highest BCUT2D eigenvalue weighted by Gasteiger charge is 2.42. The molecule has 7 nitrogen and oxygen atoms in total. The molecule has 1 aromatic heterocycles. The van der Waals surface area contributed by atoms with E-state index < -0.39 is 9.84 Å². The second-order valence-electron chi connectivity index (χ2n) is 9.22. The summed E-state index contributed by atoms with van der Waals surface area (Å²) in [5, 5.41) is 9.55. The van der Waals surface area contributed by atoms with Crippen molar-refractivity contribution in [1.29, 1.82) is 0 Å². The summed E-state index contributed by atoms with van der Waals surface area (Å²) in [4.78, 5) is 15.1. The zero-order valence-electron chi connectivity index (χ0n) is 19.3. The Hall–Kier alpha value is -2.65. The molecule has 1 aliphatic carbocycles. The van der Waals surface area contributed by atoms with Gasteiger partial charge in [-0.15, -0.1) is 10.2 Å². The Kier molecular flexibility index (Phi) is 6.24. The molecule has 1 unspecified atom stereocenters. The second kappa shape index (κ2) is 9.19. The van der Waals surface area contributed by atoms with Gasteiger partial charge in [0.25, 0.3) is 0 Å². The van der Waals surface area contributed by atoms with Crippen LogP contribution in [0.4, 0.5) is 0 Å². The van der Waals surface area contributed by atoms with Crippen molar-refractivity contribution in [3.05, 3.63) is 59.7 Å². The van der Waals surface area contributed by atoms with Crippen LogP contribution in [0.5, 0.6) is 0 Å². The third-order valence-electron chi connectivity index (χ3n) is 6.39. The maximum Gasteiger partial charge on any atom is 0.233 e. The molecule has 2 aromatic carbocycles. The fourth-order valence-electron chi connectivity index (χ4n) is 4.43. The molecule has 2 heterocycles. The topological polar surface area (TPSA) is 85.2 Å². The van der Waals surface area contributed by atoms with Gasteiger partial charge in [-0.1, -0.05) is 59.3 Å². The summed E-state index contributed by atoms with van der Waals surface area (Å²) in [5.41, 5.74) is 4.21. The molecular weight excluding hydrogens is 468 g/mol. The highest BCUT2D eigenvalue weighted by molar-refractivity contribution is 7.99. The Bertz CT molecular complexity index is 1300. The summed E-state index contributed by atoms with van der Waals surface area (Å²) in [6.07, 6.45) is 2.43. The van der Waals surface area contributed by atoms with E-state index in [0.717, 1.165) is 35.5 Å². The van der Waals surface area contributed by atoms with Crippen LogP contribution >= 0.6 is 11.8 Å². The monoisotopic (exact) mass is 496 g/mol. The van der Waals surface area contributed by atoms with Crippen molar-refractivity contribution < 1.29 is 13.2 Å². The maximum absolute atomic E-state index is 13.3. The Morgan fingerprint density at radius 1 is 0.971 bits per heavy atom. The molecule has 3 aromatic rings. The SMILES string of the molecule is Cc1ccc(-c2nnc(SCC(=O)N(C3CC3)C3CCS(=O)(=O)C3)n2-c2ccc(C)cc2)cc1. The smallest absolute Gasteiger partial charge is 0.233 e. The first-order valence-electron chi connectivity index (χ1n) is 11.5. The lowest BCUT2D eigenvalue weighted by molar-refractivity contribution is -0.130. The summed E-state index contributed by atoms with van der Waals surface area (Å²) in [7, 11) is -3.05. The van der Waals surface area contributed by atoms with Gasteiger partial charge in [0.2, 0.25) is 5.91 Å². The molecule has 2 fully saturated rings. The molecule has 1 aliphatic heterocycles. The molecule has 1 saturated carbocycles. The van der Waals surface area contributed by atoms with E-state index in [-0.39, 0.29) is 35.2 Å². The lowest BCUT2D eigenvalue weighted by atomic mass is 10.1. The molecule has 0 N–H and O–H groups in total. The maximum atomic E-state index is 13.3. The van der Waals surface area contributed by atoms with Gasteiger partial charge in [-0.3, -0.25) is 9.36 Å². The molecule has 9 heteroatoms. The van der Waals surface area contributed by atoms with Crippen LogP contribution in [0.25, 0.3) is 17.1 Å². The second-order valence-corrected chi connectivity index (χ2v) is 12.4. The predicted molar refractivity (Wildman–Crippen MR) is 134 cm³/mol. The van der Waals surface area contributed by atoms with E-state index in [1.54, 1.807) is 0 Å². The standard InChI is InChI=1S/C25H28N4O3S2/c1-17-3-7-19(8-4-17)24-26-27-25(29(24)21-9-5-18(2)6-10-21)33-15-23(30)28(20-11-12-20)22-13-14-34(31,32)16-22/h3-10,20,22H,11-16H2,1-2H3. The lowest BCUT2D eigenvalue weighted by Crippen LogP contribution is -2.43.